The quantitative estimate of drug-likeness (QED) is 0.0222. The predicted octanol–water partition coefficient (Wildman–Crippen LogP) is 10.2. The van der Waals surface area contributed by atoms with Crippen molar-refractivity contribution in [1.82, 2.24) is 0 Å². The van der Waals surface area contributed by atoms with Gasteiger partial charge in [-0.05, 0) is 77.0 Å². The maximum atomic E-state index is 12.7. The van der Waals surface area contributed by atoms with E-state index in [1.807, 2.05) is 21.1 Å². The van der Waals surface area contributed by atoms with Crippen molar-refractivity contribution in [2.45, 2.75) is 155 Å². The van der Waals surface area contributed by atoms with E-state index >= 15 is 0 Å². The standard InChI is InChI=1S/C44H75NO8/c1-6-8-10-12-14-16-18-20-21-23-25-27-29-31-33-35-42(47)53-40(39-52-44(43(48)49)50-37-36-45(3,4)5)38-51-41(46)34-32-30-28-26-24-22-19-17-15-13-11-9-7-2/h8,10,14,16-17,19-21,25,27,40,44H,6-7,9,11-13,15,18,22-24,26,28-39H2,1-5H3/p+1/b10-8-,16-14-,19-17-,21-20-,27-25-. The Bertz CT molecular complexity index is 1060. The molecular formula is C44H76NO8+. The first-order valence-electron chi connectivity index (χ1n) is 20.5. The van der Waals surface area contributed by atoms with E-state index in [2.05, 4.69) is 74.6 Å². The molecule has 0 radical (unpaired) electrons. The number of carbonyl (C=O) groups excluding carboxylic acids is 2. The number of carboxylic acids is 1. The van der Waals surface area contributed by atoms with Gasteiger partial charge in [-0.3, -0.25) is 9.59 Å². The summed E-state index contributed by atoms with van der Waals surface area (Å²) in [5.41, 5.74) is 0. The topological polar surface area (TPSA) is 108 Å². The summed E-state index contributed by atoms with van der Waals surface area (Å²) in [6.07, 6.45) is 38.5. The second kappa shape index (κ2) is 36.0. The largest absolute Gasteiger partial charge is 0.477 e. The molecule has 0 aromatic carbocycles. The number of likely N-dealkylation sites (N-methyl/N-ethyl adjacent to an activating group) is 1. The molecule has 0 saturated carbocycles. The van der Waals surface area contributed by atoms with E-state index in [0.717, 1.165) is 77.0 Å². The molecule has 0 rings (SSSR count). The van der Waals surface area contributed by atoms with Gasteiger partial charge in [0.05, 0.1) is 34.4 Å². The molecule has 9 heteroatoms. The molecule has 0 aromatic heterocycles. The number of quaternary nitrogens is 1. The Morgan fingerprint density at radius 3 is 1.66 bits per heavy atom. The summed E-state index contributed by atoms with van der Waals surface area (Å²) in [6, 6.07) is 0. The third-order valence-electron chi connectivity index (χ3n) is 8.26. The molecule has 2 atom stereocenters. The first-order chi connectivity index (χ1) is 25.6. The fraction of sp³-hybridized carbons (Fsp3) is 0.705. The summed E-state index contributed by atoms with van der Waals surface area (Å²) >= 11 is 0. The molecule has 0 heterocycles. The van der Waals surface area contributed by atoms with E-state index in [1.54, 1.807) is 0 Å². The second-order valence-corrected chi connectivity index (χ2v) is 14.6. The minimum atomic E-state index is -1.52. The van der Waals surface area contributed by atoms with Crippen molar-refractivity contribution in [3.63, 3.8) is 0 Å². The van der Waals surface area contributed by atoms with E-state index in [-0.39, 0.29) is 38.6 Å². The highest BCUT2D eigenvalue weighted by Crippen LogP contribution is 2.11. The fourth-order valence-electron chi connectivity index (χ4n) is 5.05. The van der Waals surface area contributed by atoms with Crippen molar-refractivity contribution in [3.8, 4) is 0 Å². The number of allylic oxidation sites excluding steroid dienone is 10. The lowest BCUT2D eigenvalue weighted by Gasteiger charge is -2.25. The van der Waals surface area contributed by atoms with Crippen LogP contribution in [-0.2, 0) is 33.3 Å². The highest BCUT2D eigenvalue weighted by Gasteiger charge is 2.25. The van der Waals surface area contributed by atoms with Gasteiger partial charge in [-0.2, -0.15) is 0 Å². The van der Waals surface area contributed by atoms with Gasteiger partial charge in [-0.25, -0.2) is 4.79 Å². The summed E-state index contributed by atoms with van der Waals surface area (Å²) < 4.78 is 22.6. The molecule has 53 heavy (non-hydrogen) atoms. The second-order valence-electron chi connectivity index (χ2n) is 14.6. The van der Waals surface area contributed by atoms with Gasteiger partial charge < -0.3 is 28.5 Å². The van der Waals surface area contributed by atoms with Gasteiger partial charge in [-0.1, -0.05) is 113 Å². The third-order valence-corrected chi connectivity index (χ3v) is 8.26. The van der Waals surface area contributed by atoms with E-state index < -0.39 is 24.3 Å². The van der Waals surface area contributed by atoms with Gasteiger partial charge in [0.15, 0.2) is 6.10 Å². The lowest BCUT2D eigenvalue weighted by molar-refractivity contribution is -0.870. The summed E-state index contributed by atoms with van der Waals surface area (Å²) in [6.45, 7) is 4.65. The van der Waals surface area contributed by atoms with Crippen molar-refractivity contribution >= 4 is 17.9 Å². The molecule has 0 aliphatic carbocycles. The van der Waals surface area contributed by atoms with Crippen molar-refractivity contribution in [2.24, 2.45) is 0 Å². The Kier molecular flexibility index (Phi) is 33.9. The maximum absolute atomic E-state index is 12.7. The number of carbonyl (C=O) groups is 3. The van der Waals surface area contributed by atoms with Crippen molar-refractivity contribution in [3.05, 3.63) is 60.8 Å². The highest BCUT2D eigenvalue weighted by molar-refractivity contribution is 5.71. The molecule has 304 valence electrons. The van der Waals surface area contributed by atoms with Crippen LogP contribution in [-0.4, -0.2) is 87.4 Å². The molecule has 0 aromatic rings. The number of hydrogen-bond donors (Lipinski definition) is 1. The molecule has 9 nitrogen and oxygen atoms in total. The predicted molar refractivity (Wildman–Crippen MR) is 216 cm³/mol. The molecular weight excluding hydrogens is 670 g/mol. The normalized spacial score (nSPS) is 13.6. The SMILES string of the molecule is CC/C=C\C/C=C\C/C=C\C/C=C\CCCCC(=O)OC(COC(=O)CCCCCCC/C=C\CCCCCC)COC(OCC[N+](C)(C)C)C(=O)O. The average molecular weight is 747 g/mol. The van der Waals surface area contributed by atoms with Gasteiger partial charge in [0, 0.05) is 12.8 Å². The minimum Gasteiger partial charge on any atom is -0.477 e. The number of aliphatic carboxylic acids is 1. The number of esters is 2. The molecule has 0 amide bonds. The monoisotopic (exact) mass is 747 g/mol. The van der Waals surface area contributed by atoms with Crippen LogP contribution in [0.4, 0.5) is 0 Å². The Morgan fingerprint density at radius 1 is 0.585 bits per heavy atom. The molecule has 0 aliphatic rings. The smallest absolute Gasteiger partial charge is 0.361 e. The fourth-order valence-corrected chi connectivity index (χ4v) is 5.05. The van der Waals surface area contributed by atoms with E-state index in [9.17, 15) is 19.5 Å². The van der Waals surface area contributed by atoms with Crippen LogP contribution in [0.5, 0.6) is 0 Å². The summed E-state index contributed by atoms with van der Waals surface area (Å²) in [4.78, 5) is 37.0. The van der Waals surface area contributed by atoms with Gasteiger partial charge >= 0.3 is 17.9 Å². The summed E-state index contributed by atoms with van der Waals surface area (Å²) in [5.74, 6) is -2.09. The lowest BCUT2D eigenvalue weighted by atomic mass is 10.1. The number of unbranched alkanes of at least 4 members (excludes halogenated alkanes) is 11. The Labute approximate surface area is 323 Å². The molecule has 1 N–H and O–H groups in total. The van der Waals surface area contributed by atoms with Crippen LogP contribution in [0.1, 0.15) is 142 Å². The van der Waals surface area contributed by atoms with Gasteiger partial charge in [0.2, 0.25) is 0 Å². The average Bonchev–Trinajstić information content (AvgIpc) is 3.11. The zero-order chi connectivity index (χ0) is 39.3. The lowest BCUT2D eigenvalue weighted by Crippen LogP contribution is -2.40. The van der Waals surface area contributed by atoms with E-state index in [0.29, 0.717) is 17.4 Å². The Hall–Kier alpha value is -3.01. The number of carboxylic acid groups (broad SMARTS) is 1. The molecule has 2 unspecified atom stereocenters. The number of nitrogens with zero attached hydrogens (tertiary/aromatic N) is 1. The summed E-state index contributed by atoms with van der Waals surface area (Å²) in [7, 11) is 5.92. The maximum Gasteiger partial charge on any atom is 0.361 e. The zero-order valence-corrected chi connectivity index (χ0v) is 34.2. The number of hydrogen-bond acceptors (Lipinski definition) is 7. The highest BCUT2D eigenvalue weighted by atomic mass is 16.7. The van der Waals surface area contributed by atoms with Gasteiger partial charge in [-0.15, -0.1) is 0 Å². The molecule has 0 spiro atoms. The van der Waals surface area contributed by atoms with Crippen LogP contribution in [0, 0.1) is 0 Å². The zero-order valence-electron chi connectivity index (χ0n) is 34.2. The van der Waals surface area contributed by atoms with Crippen LogP contribution in [0.25, 0.3) is 0 Å². The molecule has 0 saturated heterocycles. The molecule has 0 bridgehead atoms. The minimum absolute atomic E-state index is 0.176. The number of rotatable bonds is 36. The molecule has 0 fully saturated rings. The Morgan fingerprint density at radius 2 is 1.08 bits per heavy atom. The third kappa shape index (κ3) is 37.1. The summed E-state index contributed by atoms with van der Waals surface area (Å²) in [5, 5.41) is 9.60. The first kappa shape index (κ1) is 50.0. The van der Waals surface area contributed by atoms with Crippen molar-refractivity contribution < 1.29 is 42.9 Å². The van der Waals surface area contributed by atoms with Gasteiger partial charge in [0.1, 0.15) is 13.2 Å². The number of ether oxygens (including phenoxy) is 4. The Balaban J connectivity index is 4.61. The first-order valence-corrected chi connectivity index (χ1v) is 20.5. The van der Waals surface area contributed by atoms with E-state index in [4.69, 9.17) is 18.9 Å². The van der Waals surface area contributed by atoms with Crippen LogP contribution in [0.2, 0.25) is 0 Å². The van der Waals surface area contributed by atoms with Crippen LogP contribution >= 0.6 is 0 Å². The molecule has 0 aliphatic heterocycles. The van der Waals surface area contributed by atoms with Crippen LogP contribution < -0.4 is 0 Å². The van der Waals surface area contributed by atoms with Crippen LogP contribution in [0.3, 0.4) is 0 Å². The van der Waals surface area contributed by atoms with Crippen LogP contribution in [0.15, 0.2) is 60.8 Å². The van der Waals surface area contributed by atoms with E-state index in [1.165, 1.54) is 32.1 Å². The van der Waals surface area contributed by atoms with Gasteiger partial charge in [0.25, 0.3) is 6.29 Å². The van der Waals surface area contributed by atoms with Crippen molar-refractivity contribution in [1.29, 1.82) is 0 Å². The van der Waals surface area contributed by atoms with Crippen molar-refractivity contribution in [2.75, 3.05) is 47.5 Å².